The van der Waals surface area contributed by atoms with E-state index >= 15 is 0 Å². The van der Waals surface area contributed by atoms with Gasteiger partial charge in [-0.3, -0.25) is 9.48 Å². The fourth-order valence-electron chi connectivity index (χ4n) is 4.21. The standard InChI is InChI=1S/C20H26FN3O4S2/c1-12-20(30(26,27)15-3-4-15)13(2)24(23-12)16(9-14-5-7-28-8-6-14)17(25)10-19-22-11-18(21)29-19/h11,14-16H,3-10H2,1-2H3. The molecule has 0 amide bonds. The molecule has 0 N–H and O–H groups in total. The van der Waals surface area contributed by atoms with Crippen LogP contribution in [-0.2, 0) is 25.8 Å². The number of halogens is 1. The first kappa shape index (κ1) is 21.6. The molecule has 164 valence electrons. The van der Waals surface area contributed by atoms with Gasteiger partial charge in [0.15, 0.2) is 20.8 Å². The van der Waals surface area contributed by atoms with E-state index in [9.17, 15) is 17.6 Å². The van der Waals surface area contributed by atoms with Crippen molar-refractivity contribution in [2.24, 2.45) is 5.92 Å². The van der Waals surface area contributed by atoms with Gasteiger partial charge < -0.3 is 4.74 Å². The van der Waals surface area contributed by atoms with Crippen LogP contribution in [0, 0.1) is 24.9 Å². The lowest BCUT2D eigenvalue weighted by Crippen LogP contribution is -2.28. The molecule has 1 unspecified atom stereocenters. The maximum atomic E-state index is 13.4. The van der Waals surface area contributed by atoms with Gasteiger partial charge in [-0.25, -0.2) is 13.4 Å². The molecule has 1 aliphatic carbocycles. The minimum absolute atomic E-state index is 0.00549. The maximum Gasteiger partial charge on any atom is 0.196 e. The summed E-state index contributed by atoms with van der Waals surface area (Å²) in [5.74, 6) is 0.157. The van der Waals surface area contributed by atoms with Crippen molar-refractivity contribution in [1.82, 2.24) is 14.8 Å². The van der Waals surface area contributed by atoms with Crippen LogP contribution in [0.25, 0.3) is 0 Å². The molecule has 3 heterocycles. The molecule has 1 saturated carbocycles. The second-order valence-corrected chi connectivity index (χ2v) is 11.4. The normalized spacial score (nSPS) is 19.2. The Hall–Kier alpha value is -1.65. The van der Waals surface area contributed by atoms with E-state index in [4.69, 9.17) is 4.74 Å². The Balaban J connectivity index is 1.67. The van der Waals surface area contributed by atoms with E-state index in [1.54, 1.807) is 18.5 Å². The predicted octanol–water partition coefficient (Wildman–Crippen LogP) is 3.20. The number of carbonyl (C=O) groups is 1. The lowest BCUT2D eigenvalue weighted by atomic mass is 9.90. The van der Waals surface area contributed by atoms with Crippen molar-refractivity contribution in [2.75, 3.05) is 13.2 Å². The molecule has 2 aliphatic rings. The van der Waals surface area contributed by atoms with Crippen molar-refractivity contribution in [3.8, 4) is 0 Å². The van der Waals surface area contributed by atoms with Crippen molar-refractivity contribution in [2.45, 2.75) is 68.6 Å². The Morgan fingerprint density at radius 3 is 2.60 bits per heavy atom. The van der Waals surface area contributed by atoms with E-state index in [-0.39, 0.29) is 28.3 Å². The summed E-state index contributed by atoms with van der Waals surface area (Å²) in [5.41, 5.74) is 0.944. The quantitative estimate of drug-likeness (QED) is 0.607. The van der Waals surface area contributed by atoms with Gasteiger partial charge in [0, 0.05) is 13.2 Å². The molecule has 2 aromatic rings. The molecule has 0 radical (unpaired) electrons. The monoisotopic (exact) mass is 455 g/mol. The number of ketones is 1. The van der Waals surface area contributed by atoms with Gasteiger partial charge in [0.2, 0.25) is 0 Å². The Morgan fingerprint density at radius 2 is 2.00 bits per heavy atom. The first-order chi connectivity index (χ1) is 14.3. The molecule has 10 heteroatoms. The van der Waals surface area contributed by atoms with E-state index in [0.29, 0.717) is 48.9 Å². The molecule has 0 aromatic carbocycles. The van der Waals surface area contributed by atoms with Crippen molar-refractivity contribution < 1.29 is 22.3 Å². The number of Topliss-reactive ketones (excluding diaryl/α,β-unsaturated/α-hetero) is 1. The van der Waals surface area contributed by atoms with Gasteiger partial charge in [-0.2, -0.15) is 9.49 Å². The fourth-order valence-corrected chi connectivity index (χ4v) is 6.91. The summed E-state index contributed by atoms with van der Waals surface area (Å²) in [5, 5.41) is 4.17. The molecule has 4 rings (SSSR count). The van der Waals surface area contributed by atoms with Gasteiger partial charge in [0.1, 0.15) is 15.9 Å². The number of carbonyl (C=O) groups excluding carboxylic acids is 1. The molecule has 0 bridgehead atoms. The number of thiazole rings is 1. The van der Waals surface area contributed by atoms with Gasteiger partial charge in [-0.05, 0) is 51.9 Å². The molecule has 2 aromatic heterocycles. The molecule has 1 atom stereocenters. The maximum absolute atomic E-state index is 13.4. The molecule has 1 saturated heterocycles. The molecule has 2 fully saturated rings. The summed E-state index contributed by atoms with van der Waals surface area (Å²) in [6.07, 6.45) is 4.72. The first-order valence-corrected chi connectivity index (χ1v) is 12.6. The average molecular weight is 456 g/mol. The van der Waals surface area contributed by atoms with Crippen LogP contribution in [0.1, 0.15) is 54.5 Å². The van der Waals surface area contributed by atoms with Gasteiger partial charge in [0.05, 0.1) is 29.3 Å². The zero-order valence-corrected chi connectivity index (χ0v) is 18.8. The van der Waals surface area contributed by atoms with Gasteiger partial charge in [0.25, 0.3) is 0 Å². The second-order valence-electron chi connectivity index (χ2n) is 8.20. The van der Waals surface area contributed by atoms with Crippen LogP contribution in [0.3, 0.4) is 0 Å². The zero-order valence-electron chi connectivity index (χ0n) is 17.1. The number of rotatable bonds is 8. The zero-order chi connectivity index (χ0) is 21.5. The molecule has 1 aliphatic heterocycles. The highest BCUT2D eigenvalue weighted by Crippen LogP contribution is 2.38. The van der Waals surface area contributed by atoms with Crippen LogP contribution in [0.15, 0.2) is 11.1 Å². The highest BCUT2D eigenvalue weighted by molar-refractivity contribution is 7.92. The third kappa shape index (κ3) is 4.36. The topological polar surface area (TPSA) is 91.2 Å². The van der Waals surface area contributed by atoms with Crippen molar-refractivity contribution in [3.63, 3.8) is 0 Å². The van der Waals surface area contributed by atoms with Crippen LogP contribution in [-0.4, -0.2) is 47.4 Å². The summed E-state index contributed by atoms with van der Waals surface area (Å²) in [6, 6.07) is -0.609. The van der Waals surface area contributed by atoms with Gasteiger partial charge in [-0.15, -0.1) is 0 Å². The molecule has 0 spiro atoms. The van der Waals surface area contributed by atoms with E-state index in [1.807, 2.05) is 0 Å². The lowest BCUT2D eigenvalue weighted by Gasteiger charge is -2.27. The van der Waals surface area contributed by atoms with Crippen molar-refractivity contribution in [3.05, 3.63) is 27.7 Å². The fraction of sp³-hybridized carbons (Fsp3) is 0.650. The second kappa shape index (κ2) is 8.47. The summed E-state index contributed by atoms with van der Waals surface area (Å²) in [7, 11) is -3.43. The van der Waals surface area contributed by atoms with Crippen molar-refractivity contribution >= 4 is 27.0 Å². The van der Waals surface area contributed by atoms with E-state index < -0.39 is 21.0 Å². The minimum Gasteiger partial charge on any atom is -0.381 e. The molecule has 30 heavy (non-hydrogen) atoms. The van der Waals surface area contributed by atoms with Gasteiger partial charge in [-0.1, -0.05) is 11.3 Å². The van der Waals surface area contributed by atoms with E-state index in [1.165, 1.54) is 0 Å². The number of hydrogen-bond acceptors (Lipinski definition) is 7. The van der Waals surface area contributed by atoms with Crippen LogP contribution in [0.4, 0.5) is 4.39 Å². The number of nitrogens with zero attached hydrogens (tertiary/aromatic N) is 3. The Labute approximate surface area is 179 Å². The lowest BCUT2D eigenvalue weighted by molar-refractivity contribution is -0.122. The summed E-state index contributed by atoms with van der Waals surface area (Å²) >= 11 is 0.860. The average Bonchev–Trinajstić information content (AvgIpc) is 3.43. The van der Waals surface area contributed by atoms with Crippen LogP contribution in [0.2, 0.25) is 0 Å². The predicted molar refractivity (Wildman–Crippen MR) is 110 cm³/mol. The number of ether oxygens (including phenoxy) is 1. The van der Waals surface area contributed by atoms with Crippen LogP contribution >= 0.6 is 11.3 Å². The highest BCUT2D eigenvalue weighted by atomic mass is 32.2. The van der Waals surface area contributed by atoms with E-state index in [0.717, 1.165) is 30.4 Å². The Kier molecular flexibility index (Phi) is 6.09. The Morgan fingerprint density at radius 1 is 1.30 bits per heavy atom. The van der Waals surface area contributed by atoms with Crippen LogP contribution < -0.4 is 0 Å². The Bertz CT molecular complexity index is 1040. The highest BCUT2D eigenvalue weighted by Gasteiger charge is 2.41. The van der Waals surface area contributed by atoms with E-state index in [2.05, 4.69) is 10.1 Å². The van der Waals surface area contributed by atoms with Crippen LogP contribution in [0.5, 0.6) is 0 Å². The summed E-state index contributed by atoms with van der Waals surface area (Å²) in [4.78, 5) is 17.5. The summed E-state index contributed by atoms with van der Waals surface area (Å²) in [6.45, 7) is 4.72. The third-order valence-electron chi connectivity index (χ3n) is 5.92. The first-order valence-electron chi connectivity index (χ1n) is 10.3. The third-order valence-corrected chi connectivity index (χ3v) is 9.22. The van der Waals surface area contributed by atoms with Crippen molar-refractivity contribution in [1.29, 1.82) is 0 Å². The molecule has 7 nitrogen and oxygen atoms in total. The number of sulfone groups is 1. The summed E-state index contributed by atoms with van der Waals surface area (Å²) < 4.78 is 46.2. The number of hydrogen-bond donors (Lipinski definition) is 0. The number of aryl methyl sites for hydroxylation is 1. The molecular formula is C20H26FN3O4S2. The SMILES string of the molecule is Cc1nn(C(CC2CCOCC2)C(=O)Cc2ncc(F)s2)c(C)c1S(=O)(=O)C1CC1. The van der Waals surface area contributed by atoms with Gasteiger partial charge >= 0.3 is 0 Å². The largest absolute Gasteiger partial charge is 0.381 e. The number of aromatic nitrogens is 3. The molecular weight excluding hydrogens is 429 g/mol. The minimum atomic E-state index is -3.43. The smallest absolute Gasteiger partial charge is 0.196 e.